The first kappa shape index (κ1) is 18.7. The number of rotatable bonds is 5. The Morgan fingerprint density at radius 1 is 1.25 bits per heavy atom. The zero-order chi connectivity index (χ0) is 19.5. The molecule has 3 aromatic rings. The van der Waals surface area contributed by atoms with Crippen LogP contribution in [0.5, 0.6) is 0 Å². The standard InChI is InChI=1S/C23H28N4O/c1-17-10-11-21-20(15-17)22(25-24-21)23(28)27-13-6-9-19(16-27)26(2)14-12-18-7-4-3-5-8-18/h3-5,7-8,10-11,15,19H,6,9,12-14,16H2,1-2H3,(H,24,25)/t19-/m0/s1. The minimum atomic E-state index is 0.0398. The Labute approximate surface area is 166 Å². The number of fused-ring (bicyclic) bond motifs is 1. The second-order valence-electron chi connectivity index (χ2n) is 7.88. The van der Waals surface area contributed by atoms with Gasteiger partial charge in [0.25, 0.3) is 5.91 Å². The van der Waals surface area contributed by atoms with Gasteiger partial charge in [0.05, 0.1) is 5.52 Å². The minimum absolute atomic E-state index is 0.0398. The summed E-state index contributed by atoms with van der Waals surface area (Å²) in [6.07, 6.45) is 3.20. The number of nitrogens with one attached hydrogen (secondary N) is 1. The molecule has 146 valence electrons. The molecule has 1 N–H and O–H groups in total. The molecular weight excluding hydrogens is 348 g/mol. The van der Waals surface area contributed by atoms with E-state index in [2.05, 4.69) is 52.5 Å². The highest BCUT2D eigenvalue weighted by molar-refractivity contribution is 6.04. The van der Waals surface area contributed by atoms with Crippen molar-refractivity contribution in [2.24, 2.45) is 0 Å². The summed E-state index contributed by atoms with van der Waals surface area (Å²) in [5.74, 6) is 0.0398. The van der Waals surface area contributed by atoms with Crippen LogP contribution < -0.4 is 0 Å². The Morgan fingerprint density at radius 2 is 2.07 bits per heavy atom. The number of nitrogens with zero attached hydrogens (tertiary/aromatic N) is 3. The van der Waals surface area contributed by atoms with Crippen LogP contribution in [-0.4, -0.2) is 58.6 Å². The second-order valence-corrected chi connectivity index (χ2v) is 7.88. The molecule has 0 radical (unpaired) electrons. The van der Waals surface area contributed by atoms with Gasteiger partial charge >= 0.3 is 0 Å². The molecule has 1 saturated heterocycles. The molecule has 2 aromatic carbocycles. The molecule has 1 fully saturated rings. The molecule has 1 aliphatic rings. The Hall–Kier alpha value is -2.66. The van der Waals surface area contributed by atoms with Crippen LogP contribution in [-0.2, 0) is 6.42 Å². The number of likely N-dealkylation sites (N-methyl/N-ethyl adjacent to an activating group) is 1. The molecule has 0 aliphatic carbocycles. The van der Waals surface area contributed by atoms with Crippen LogP contribution in [0, 0.1) is 6.92 Å². The lowest BCUT2D eigenvalue weighted by Crippen LogP contribution is -2.49. The quantitative estimate of drug-likeness (QED) is 0.739. The zero-order valence-electron chi connectivity index (χ0n) is 16.7. The summed E-state index contributed by atoms with van der Waals surface area (Å²) in [5, 5.41) is 8.25. The third-order valence-electron chi connectivity index (χ3n) is 5.82. The van der Waals surface area contributed by atoms with Crippen LogP contribution >= 0.6 is 0 Å². The van der Waals surface area contributed by atoms with Crippen LogP contribution in [0.2, 0.25) is 0 Å². The van der Waals surface area contributed by atoms with Gasteiger partial charge in [-0.1, -0.05) is 42.0 Å². The lowest BCUT2D eigenvalue weighted by atomic mass is 10.0. The van der Waals surface area contributed by atoms with Crippen molar-refractivity contribution in [3.63, 3.8) is 0 Å². The minimum Gasteiger partial charge on any atom is -0.336 e. The summed E-state index contributed by atoms with van der Waals surface area (Å²) in [6.45, 7) is 4.62. The number of likely N-dealkylation sites (tertiary alicyclic amines) is 1. The molecule has 2 heterocycles. The Bertz CT molecular complexity index is 950. The number of H-pyrrole nitrogens is 1. The van der Waals surface area contributed by atoms with E-state index in [1.54, 1.807) is 0 Å². The number of aromatic amines is 1. The molecule has 5 nitrogen and oxygen atoms in total. The molecule has 28 heavy (non-hydrogen) atoms. The number of carbonyl (C=O) groups excluding carboxylic acids is 1. The summed E-state index contributed by atoms with van der Waals surface area (Å²) in [4.78, 5) is 17.5. The fraction of sp³-hybridized carbons (Fsp3) is 0.391. The van der Waals surface area contributed by atoms with Crippen LogP contribution in [0.15, 0.2) is 48.5 Å². The monoisotopic (exact) mass is 376 g/mol. The number of amides is 1. The van der Waals surface area contributed by atoms with Gasteiger partial charge in [-0.2, -0.15) is 5.10 Å². The maximum Gasteiger partial charge on any atom is 0.275 e. The first-order chi connectivity index (χ1) is 13.6. The molecule has 4 rings (SSSR count). The summed E-state index contributed by atoms with van der Waals surface area (Å²) < 4.78 is 0. The number of aromatic nitrogens is 2. The van der Waals surface area contributed by atoms with E-state index < -0.39 is 0 Å². The third-order valence-corrected chi connectivity index (χ3v) is 5.82. The number of hydrogen-bond acceptors (Lipinski definition) is 3. The van der Waals surface area contributed by atoms with Gasteiger partial charge in [-0.15, -0.1) is 0 Å². The number of hydrogen-bond donors (Lipinski definition) is 1. The van der Waals surface area contributed by atoms with Crippen LogP contribution in [0.4, 0.5) is 0 Å². The molecule has 0 spiro atoms. The third kappa shape index (κ3) is 3.94. The van der Waals surface area contributed by atoms with E-state index in [4.69, 9.17) is 0 Å². The van der Waals surface area contributed by atoms with Gasteiger partial charge in [0.15, 0.2) is 5.69 Å². The average molecular weight is 377 g/mol. The van der Waals surface area contributed by atoms with E-state index in [-0.39, 0.29) is 5.91 Å². The first-order valence-electron chi connectivity index (χ1n) is 10.1. The van der Waals surface area contributed by atoms with Gasteiger partial charge in [0.1, 0.15) is 0 Å². The molecule has 0 unspecified atom stereocenters. The molecule has 5 heteroatoms. The smallest absolute Gasteiger partial charge is 0.275 e. The highest BCUT2D eigenvalue weighted by Crippen LogP contribution is 2.22. The number of aryl methyl sites for hydroxylation is 1. The van der Waals surface area contributed by atoms with E-state index in [9.17, 15) is 4.79 Å². The van der Waals surface area contributed by atoms with E-state index >= 15 is 0 Å². The van der Waals surface area contributed by atoms with Crippen molar-refractivity contribution in [3.8, 4) is 0 Å². The van der Waals surface area contributed by atoms with E-state index in [1.165, 1.54) is 5.56 Å². The highest BCUT2D eigenvalue weighted by Gasteiger charge is 2.28. The zero-order valence-corrected chi connectivity index (χ0v) is 16.7. The van der Waals surface area contributed by atoms with Crippen LogP contribution in [0.3, 0.4) is 0 Å². The van der Waals surface area contributed by atoms with Gasteiger partial charge in [0.2, 0.25) is 0 Å². The summed E-state index contributed by atoms with van der Waals surface area (Å²) in [6, 6.07) is 17.0. The van der Waals surface area contributed by atoms with Crippen molar-refractivity contribution in [2.75, 3.05) is 26.7 Å². The van der Waals surface area contributed by atoms with E-state index in [0.717, 1.165) is 55.4 Å². The summed E-state index contributed by atoms with van der Waals surface area (Å²) in [5.41, 5.74) is 3.96. The highest BCUT2D eigenvalue weighted by atomic mass is 16.2. The maximum absolute atomic E-state index is 13.2. The lowest BCUT2D eigenvalue weighted by molar-refractivity contribution is 0.0608. The number of carbonyl (C=O) groups is 1. The number of piperidine rings is 1. The maximum atomic E-state index is 13.2. The molecular formula is C23H28N4O. The fourth-order valence-electron chi connectivity index (χ4n) is 4.07. The van der Waals surface area contributed by atoms with Gasteiger partial charge < -0.3 is 9.80 Å². The molecule has 1 amide bonds. The van der Waals surface area contributed by atoms with Crippen LogP contribution in [0.1, 0.15) is 34.5 Å². The fourth-order valence-corrected chi connectivity index (χ4v) is 4.07. The SMILES string of the molecule is Cc1ccc2[nH]nc(C(=O)N3CCC[C@H](N(C)CCc4ccccc4)C3)c2c1. The average Bonchev–Trinajstić information content (AvgIpc) is 3.15. The van der Waals surface area contributed by atoms with Crippen LogP contribution in [0.25, 0.3) is 10.9 Å². The Kier molecular flexibility index (Phi) is 5.44. The molecule has 0 saturated carbocycles. The summed E-state index contributed by atoms with van der Waals surface area (Å²) >= 11 is 0. The largest absolute Gasteiger partial charge is 0.336 e. The van der Waals surface area contributed by atoms with Gasteiger partial charge in [-0.05, 0) is 50.9 Å². The predicted octanol–water partition coefficient (Wildman–Crippen LogP) is 3.65. The van der Waals surface area contributed by atoms with Crippen molar-refractivity contribution in [1.29, 1.82) is 0 Å². The lowest BCUT2D eigenvalue weighted by Gasteiger charge is -2.37. The van der Waals surface area contributed by atoms with Gasteiger partial charge in [0, 0.05) is 31.1 Å². The van der Waals surface area contributed by atoms with Gasteiger partial charge in [-0.25, -0.2) is 0 Å². The predicted molar refractivity (Wildman–Crippen MR) is 113 cm³/mol. The van der Waals surface area contributed by atoms with Crippen molar-refractivity contribution < 1.29 is 4.79 Å². The Morgan fingerprint density at radius 3 is 2.89 bits per heavy atom. The Balaban J connectivity index is 1.42. The number of benzene rings is 2. The second kappa shape index (κ2) is 8.15. The topological polar surface area (TPSA) is 52.2 Å². The normalized spacial score (nSPS) is 17.4. The summed E-state index contributed by atoms with van der Waals surface area (Å²) in [7, 11) is 2.18. The van der Waals surface area contributed by atoms with Crippen molar-refractivity contribution >= 4 is 16.8 Å². The molecule has 1 atom stereocenters. The molecule has 1 aromatic heterocycles. The molecule has 0 bridgehead atoms. The van der Waals surface area contributed by atoms with Gasteiger partial charge in [-0.3, -0.25) is 9.89 Å². The van der Waals surface area contributed by atoms with Crippen molar-refractivity contribution in [1.82, 2.24) is 20.0 Å². The molecule has 1 aliphatic heterocycles. The first-order valence-corrected chi connectivity index (χ1v) is 10.1. The van der Waals surface area contributed by atoms with Crippen molar-refractivity contribution in [3.05, 3.63) is 65.4 Å². The van der Waals surface area contributed by atoms with E-state index in [1.807, 2.05) is 30.0 Å². The van der Waals surface area contributed by atoms with Crippen molar-refractivity contribution in [2.45, 2.75) is 32.2 Å². The van der Waals surface area contributed by atoms with E-state index in [0.29, 0.717) is 11.7 Å².